The van der Waals surface area contributed by atoms with Gasteiger partial charge in [0.05, 0.1) is 22.1 Å². The lowest BCUT2D eigenvalue weighted by Gasteiger charge is -2.11. The maximum atomic E-state index is 6.25. The highest BCUT2D eigenvalue weighted by Crippen LogP contribution is 2.26. The quantitative estimate of drug-likeness (QED) is 0.857. The van der Waals surface area contributed by atoms with Gasteiger partial charge >= 0.3 is 0 Å². The predicted molar refractivity (Wildman–Crippen MR) is 82.2 cm³/mol. The molecule has 5 heteroatoms. The smallest absolute Gasteiger partial charge is 0.142 e. The van der Waals surface area contributed by atoms with Crippen LogP contribution in [0.2, 0.25) is 5.02 Å². The molecule has 0 atom stereocenters. The Balaban J connectivity index is 2.17. The second-order valence-corrected chi connectivity index (χ2v) is 5.05. The number of ether oxygens (including phenoxy) is 1. The standard InChI is InChI=1S/C15H20ClN3O/c1-4-11-6-7-14(12(17)8-11)20-9-13-15(16)10(3)18-19(13)5-2/h6-8H,4-5,9,17H2,1-3H3. The summed E-state index contributed by atoms with van der Waals surface area (Å²) in [6.07, 6.45) is 0.956. The number of halogens is 1. The molecule has 0 bridgehead atoms. The zero-order chi connectivity index (χ0) is 14.7. The van der Waals surface area contributed by atoms with Crippen LogP contribution < -0.4 is 10.5 Å². The van der Waals surface area contributed by atoms with E-state index in [1.807, 2.05) is 36.7 Å². The molecule has 2 rings (SSSR count). The molecule has 20 heavy (non-hydrogen) atoms. The van der Waals surface area contributed by atoms with Gasteiger partial charge in [-0.2, -0.15) is 5.10 Å². The Morgan fingerprint density at radius 2 is 2.10 bits per heavy atom. The highest BCUT2D eigenvalue weighted by molar-refractivity contribution is 6.31. The van der Waals surface area contributed by atoms with E-state index in [0.717, 1.165) is 24.4 Å². The van der Waals surface area contributed by atoms with Gasteiger partial charge in [0.25, 0.3) is 0 Å². The monoisotopic (exact) mass is 293 g/mol. The Morgan fingerprint density at radius 3 is 2.70 bits per heavy atom. The number of hydrogen-bond acceptors (Lipinski definition) is 3. The van der Waals surface area contributed by atoms with Crippen molar-refractivity contribution in [2.75, 3.05) is 5.73 Å². The van der Waals surface area contributed by atoms with E-state index >= 15 is 0 Å². The summed E-state index contributed by atoms with van der Waals surface area (Å²) >= 11 is 6.25. The van der Waals surface area contributed by atoms with E-state index < -0.39 is 0 Å². The van der Waals surface area contributed by atoms with E-state index in [4.69, 9.17) is 22.1 Å². The Hall–Kier alpha value is -1.68. The van der Waals surface area contributed by atoms with Crippen molar-refractivity contribution in [2.24, 2.45) is 0 Å². The lowest BCUT2D eigenvalue weighted by Crippen LogP contribution is -2.07. The molecule has 2 N–H and O–H groups in total. The molecule has 2 aromatic rings. The molecule has 0 radical (unpaired) electrons. The molecule has 1 aromatic heterocycles. The number of nitrogens with zero attached hydrogens (tertiary/aromatic N) is 2. The molecule has 0 aliphatic rings. The molecule has 1 heterocycles. The third-order valence-electron chi connectivity index (χ3n) is 3.30. The van der Waals surface area contributed by atoms with Crippen molar-refractivity contribution in [3.8, 4) is 5.75 Å². The molecular formula is C15H20ClN3O. The fraction of sp³-hybridized carbons (Fsp3) is 0.400. The highest BCUT2D eigenvalue weighted by Gasteiger charge is 2.13. The van der Waals surface area contributed by atoms with Crippen LogP contribution in [-0.4, -0.2) is 9.78 Å². The number of hydrogen-bond donors (Lipinski definition) is 1. The van der Waals surface area contributed by atoms with Gasteiger partial charge in [-0.3, -0.25) is 4.68 Å². The molecule has 1 aromatic carbocycles. The van der Waals surface area contributed by atoms with Gasteiger partial charge in [-0.25, -0.2) is 0 Å². The lowest BCUT2D eigenvalue weighted by atomic mass is 10.1. The number of aryl methyl sites for hydroxylation is 3. The minimum absolute atomic E-state index is 0.364. The molecule has 0 amide bonds. The average molecular weight is 294 g/mol. The Bertz CT molecular complexity index is 607. The molecular weight excluding hydrogens is 274 g/mol. The van der Waals surface area contributed by atoms with Crippen LogP contribution in [0.15, 0.2) is 18.2 Å². The van der Waals surface area contributed by atoms with Gasteiger partial charge in [0.2, 0.25) is 0 Å². The van der Waals surface area contributed by atoms with Crippen LogP contribution in [0, 0.1) is 6.92 Å². The molecule has 0 fully saturated rings. The molecule has 0 unspecified atom stereocenters. The molecule has 0 aliphatic heterocycles. The summed E-state index contributed by atoms with van der Waals surface area (Å²) in [5.74, 6) is 0.680. The van der Waals surface area contributed by atoms with Crippen molar-refractivity contribution in [3.63, 3.8) is 0 Å². The summed E-state index contributed by atoms with van der Waals surface area (Å²) in [6, 6.07) is 5.87. The van der Waals surface area contributed by atoms with E-state index in [-0.39, 0.29) is 0 Å². The van der Waals surface area contributed by atoms with Gasteiger partial charge in [-0.05, 0) is 38.0 Å². The first-order valence-electron chi connectivity index (χ1n) is 6.79. The number of nitrogens with two attached hydrogens (primary N) is 1. The first-order valence-corrected chi connectivity index (χ1v) is 7.17. The van der Waals surface area contributed by atoms with E-state index in [2.05, 4.69) is 12.0 Å². The molecule has 108 valence electrons. The minimum atomic E-state index is 0.364. The van der Waals surface area contributed by atoms with Crippen LogP contribution in [0.25, 0.3) is 0 Å². The highest BCUT2D eigenvalue weighted by atomic mass is 35.5. The molecule has 0 saturated heterocycles. The molecule has 0 aliphatic carbocycles. The summed E-state index contributed by atoms with van der Waals surface area (Å²) in [5.41, 5.74) is 9.54. The Morgan fingerprint density at radius 1 is 1.35 bits per heavy atom. The molecule has 0 saturated carbocycles. The van der Waals surface area contributed by atoms with Crippen molar-refractivity contribution < 1.29 is 4.74 Å². The van der Waals surface area contributed by atoms with E-state index in [0.29, 0.717) is 23.1 Å². The third kappa shape index (κ3) is 2.90. The van der Waals surface area contributed by atoms with Gasteiger partial charge in [0, 0.05) is 6.54 Å². The Labute approximate surface area is 124 Å². The van der Waals surface area contributed by atoms with Gasteiger partial charge in [-0.15, -0.1) is 0 Å². The zero-order valence-electron chi connectivity index (χ0n) is 12.1. The van der Waals surface area contributed by atoms with E-state index in [1.54, 1.807) is 0 Å². The zero-order valence-corrected chi connectivity index (χ0v) is 12.9. The summed E-state index contributed by atoms with van der Waals surface area (Å²) in [6.45, 7) is 7.14. The van der Waals surface area contributed by atoms with Crippen molar-refractivity contribution in [3.05, 3.63) is 40.2 Å². The first-order chi connectivity index (χ1) is 9.56. The SMILES string of the molecule is CCc1ccc(OCc2c(Cl)c(C)nn2CC)c(N)c1. The number of aromatic nitrogens is 2. The number of anilines is 1. The van der Waals surface area contributed by atoms with Crippen molar-refractivity contribution >= 4 is 17.3 Å². The second kappa shape index (κ2) is 6.18. The largest absolute Gasteiger partial charge is 0.485 e. The topological polar surface area (TPSA) is 53.1 Å². The summed E-state index contributed by atoms with van der Waals surface area (Å²) < 4.78 is 7.64. The average Bonchev–Trinajstić information content (AvgIpc) is 2.73. The van der Waals surface area contributed by atoms with Crippen molar-refractivity contribution in [1.82, 2.24) is 9.78 Å². The predicted octanol–water partition coefficient (Wildman–Crippen LogP) is 3.59. The van der Waals surface area contributed by atoms with Crippen LogP contribution in [-0.2, 0) is 19.6 Å². The van der Waals surface area contributed by atoms with E-state index in [9.17, 15) is 0 Å². The minimum Gasteiger partial charge on any atom is -0.485 e. The van der Waals surface area contributed by atoms with Gasteiger partial charge in [0.15, 0.2) is 0 Å². The van der Waals surface area contributed by atoms with Crippen LogP contribution in [0.4, 0.5) is 5.69 Å². The number of benzene rings is 1. The van der Waals surface area contributed by atoms with Crippen LogP contribution in [0.3, 0.4) is 0 Å². The van der Waals surface area contributed by atoms with Gasteiger partial charge < -0.3 is 10.5 Å². The Kier molecular flexibility index (Phi) is 4.55. The number of rotatable bonds is 5. The van der Waals surface area contributed by atoms with Gasteiger partial charge in [-0.1, -0.05) is 24.6 Å². The van der Waals surface area contributed by atoms with Crippen LogP contribution in [0.1, 0.15) is 30.8 Å². The van der Waals surface area contributed by atoms with Gasteiger partial charge in [0.1, 0.15) is 12.4 Å². The van der Waals surface area contributed by atoms with E-state index in [1.165, 1.54) is 5.56 Å². The van der Waals surface area contributed by atoms with Crippen molar-refractivity contribution in [1.29, 1.82) is 0 Å². The second-order valence-electron chi connectivity index (χ2n) is 4.68. The molecule has 4 nitrogen and oxygen atoms in total. The normalized spacial score (nSPS) is 10.8. The third-order valence-corrected chi connectivity index (χ3v) is 3.79. The first kappa shape index (κ1) is 14.7. The molecule has 0 spiro atoms. The summed E-state index contributed by atoms with van der Waals surface area (Å²) in [4.78, 5) is 0. The lowest BCUT2D eigenvalue weighted by molar-refractivity contribution is 0.294. The summed E-state index contributed by atoms with van der Waals surface area (Å²) in [5, 5.41) is 5.03. The van der Waals surface area contributed by atoms with Crippen LogP contribution in [0.5, 0.6) is 5.75 Å². The van der Waals surface area contributed by atoms with Crippen LogP contribution >= 0.6 is 11.6 Å². The number of nitrogen functional groups attached to an aromatic ring is 1. The maximum absolute atomic E-state index is 6.25. The fourth-order valence-electron chi connectivity index (χ4n) is 2.10. The summed E-state index contributed by atoms with van der Waals surface area (Å²) in [7, 11) is 0. The fourth-order valence-corrected chi connectivity index (χ4v) is 2.29. The van der Waals surface area contributed by atoms with Crippen molar-refractivity contribution in [2.45, 2.75) is 40.3 Å². The maximum Gasteiger partial charge on any atom is 0.142 e.